The summed E-state index contributed by atoms with van der Waals surface area (Å²) in [4.78, 5) is 11.9. The van der Waals surface area contributed by atoms with E-state index in [1.165, 1.54) is 12.1 Å². The summed E-state index contributed by atoms with van der Waals surface area (Å²) in [5.41, 5.74) is -0.353. The molecular weight excluding hydrogens is 325 g/mol. The summed E-state index contributed by atoms with van der Waals surface area (Å²) in [5, 5.41) is 15.2. The van der Waals surface area contributed by atoms with Gasteiger partial charge in [-0.2, -0.15) is 13.2 Å². The maximum absolute atomic E-state index is 12.2. The maximum atomic E-state index is 12.2. The predicted octanol–water partition coefficient (Wildman–Crippen LogP) is 3.46. The number of benzene rings is 1. The third kappa shape index (κ3) is 6.27. The van der Waals surface area contributed by atoms with E-state index >= 15 is 0 Å². The van der Waals surface area contributed by atoms with E-state index in [0.717, 1.165) is 0 Å². The molecule has 0 fully saturated rings. The summed E-state index contributed by atoms with van der Waals surface area (Å²) < 4.78 is 41.4. The maximum Gasteiger partial charge on any atom is 0.422 e. The molecule has 0 radical (unpaired) electrons. The Balaban J connectivity index is 2.69. The van der Waals surface area contributed by atoms with E-state index in [0.29, 0.717) is 11.3 Å². The van der Waals surface area contributed by atoms with Gasteiger partial charge in [0.25, 0.3) is 0 Å². The summed E-state index contributed by atoms with van der Waals surface area (Å²) in [7, 11) is 0. The predicted molar refractivity (Wildman–Crippen MR) is 85.2 cm³/mol. The summed E-state index contributed by atoms with van der Waals surface area (Å²) in [6.45, 7) is 5.44. The minimum atomic E-state index is -4.43. The molecule has 0 spiro atoms. The quantitative estimate of drug-likeness (QED) is 0.737. The molecule has 0 aliphatic carbocycles. The lowest BCUT2D eigenvalue weighted by molar-refractivity contribution is -0.153. The van der Waals surface area contributed by atoms with Crippen LogP contribution in [-0.4, -0.2) is 36.1 Å². The first kappa shape index (κ1) is 20.1. The Hall–Kier alpha value is -1.96. The SMILES string of the molecule is Cc1c(NC(=O)NCC(C)(O)C(C)C)cccc1OCC(F)(F)F. The van der Waals surface area contributed by atoms with E-state index < -0.39 is 24.4 Å². The molecule has 2 amide bonds. The Morgan fingerprint density at radius 1 is 1.33 bits per heavy atom. The van der Waals surface area contributed by atoms with Gasteiger partial charge in [-0.1, -0.05) is 19.9 Å². The van der Waals surface area contributed by atoms with Crippen molar-refractivity contribution in [1.82, 2.24) is 5.32 Å². The van der Waals surface area contributed by atoms with E-state index in [-0.39, 0.29) is 18.2 Å². The van der Waals surface area contributed by atoms with Crippen LogP contribution in [0.15, 0.2) is 18.2 Å². The van der Waals surface area contributed by atoms with Crippen LogP contribution >= 0.6 is 0 Å². The van der Waals surface area contributed by atoms with Crippen molar-refractivity contribution in [3.8, 4) is 5.75 Å². The van der Waals surface area contributed by atoms with Gasteiger partial charge in [0.05, 0.1) is 5.60 Å². The van der Waals surface area contributed by atoms with Crippen LogP contribution in [0.3, 0.4) is 0 Å². The molecular formula is C16H23F3N2O3. The molecule has 8 heteroatoms. The number of ether oxygens (including phenoxy) is 1. The molecule has 0 heterocycles. The van der Waals surface area contributed by atoms with Crippen LogP contribution in [0.25, 0.3) is 0 Å². The monoisotopic (exact) mass is 348 g/mol. The minimum Gasteiger partial charge on any atom is -0.484 e. The number of anilines is 1. The number of nitrogens with one attached hydrogen (secondary N) is 2. The minimum absolute atomic E-state index is 0.0410. The molecule has 0 saturated heterocycles. The molecule has 3 N–H and O–H groups in total. The first-order chi connectivity index (χ1) is 10.9. The van der Waals surface area contributed by atoms with Crippen molar-refractivity contribution >= 4 is 11.7 Å². The molecule has 1 aromatic carbocycles. The molecule has 1 unspecified atom stereocenters. The second-order valence-corrected chi connectivity index (χ2v) is 6.15. The fourth-order valence-electron chi connectivity index (χ4n) is 1.70. The number of hydrogen-bond acceptors (Lipinski definition) is 3. The zero-order chi connectivity index (χ0) is 18.5. The van der Waals surface area contributed by atoms with Crippen molar-refractivity contribution < 1.29 is 27.8 Å². The Morgan fingerprint density at radius 3 is 2.50 bits per heavy atom. The Bertz CT molecular complexity index is 572. The van der Waals surface area contributed by atoms with E-state index in [9.17, 15) is 23.1 Å². The molecule has 1 aromatic rings. The van der Waals surface area contributed by atoms with Gasteiger partial charge in [-0.3, -0.25) is 0 Å². The van der Waals surface area contributed by atoms with Gasteiger partial charge in [-0.15, -0.1) is 0 Å². The smallest absolute Gasteiger partial charge is 0.422 e. The van der Waals surface area contributed by atoms with Crippen LogP contribution in [0.5, 0.6) is 5.75 Å². The lowest BCUT2D eigenvalue weighted by atomic mass is 9.93. The summed E-state index contributed by atoms with van der Waals surface area (Å²) in [6, 6.07) is 3.87. The molecule has 0 saturated carbocycles. The van der Waals surface area contributed by atoms with Gasteiger partial charge in [0, 0.05) is 17.8 Å². The Kier molecular flexibility index (Phi) is 6.48. The average Bonchev–Trinajstić information content (AvgIpc) is 2.45. The van der Waals surface area contributed by atoms with Crippen molar-refractivity contribution in [2.75, 3.05) is 18.5 Å². The number of aliphatic hydroxyl groups is 1. The fraction of sp³-hybridized carbons (Fsp3) is 0.562. The second kappa shape index (κ2) is 7.74. The molecule has 0 aromatic heterocycles. The van der Waals surface area contributed by atoms with Crippen LogP contribution in [0, 0.1) is 12.8 Å². The first-order valence-electron chi connectivity index (χ1n) is 7.49. The van der Waals surface area contributed by atoms with Crippen LogP contribution in [-0.2, 0) is 0 Å². The molecule has 1 rings (SSSR count). The van der Waals surface area contributed by atoms with Crippen LogP contribution in [0.2, 0.25) is 0 Å². The normalized spacial score (nSPS) is 14.2. The van der Waals surface area contributed by atoms with Crippen LogP contribution < -0.4 is 15.4 Å². The summed E-state index contributed by atoms with van der Waals surface area (Å²) >= 11 is 0. The number of urea groups is 1. The van der Waals surface area contributed by atoms with E-state index in [2.05, 4.69) is 10.6 Å². The molecule has 1 atom stereocenters. The largest absolute Gasteiger partial charge is 0.484 e. The molecule has 0 aliphatic heterocycles. The lowest BCUT2D eigenvalue weighted by Gasteiger charge is -2.27. The van der Waals surface area contributed by atoms with Crippen LogP contribution in [0.4, 0.5) is 23.7 Å². The van der Waals surface area contributed by atoms with Gasteiger partial charge in [0.1, 0.15) is 5.75 Å². The molecule has 24 heavy (non-hydrogen) atoms. The van der Waals surface area contributed by atoms with E-state index in [4.69, 9.17) is 4.74 Å². The van der Waals surface area contributed by atoms with Gasteiger partial charge in [-0.05, 0) is 31.9 Å². The number of hydrogen-bond donors (Lipinski definition) is 3. The number of amides is 2. The van der Waals surface area contributed by atoms with Gasteiger partial charge >= 0.3 is 12.2 Å². The van der Waals surface area contributed by atoms with Crippen molar-refractivity contribution in [3.63, 3.8) is 0 Å². The topological polar surface area (TPSA) is 70.6 Å². The summed E-state index contributed by atoms with van der Waals surface area (Å²) in [5.74, 6) is -0.0158. The third-order valence-corrected chi connectivity index (χ3v) is 3.77. The molecule has 5 nitrogen and oxygen atoms in total. The van der Waals surface area contributed by atoms with E-state index in [1.54, 1.807) is 19.9 Å². The van der Waals surface area contributed by atoms with E-state index in [1.807, 2.05) is 13.8 Å². The lowest BCUT2D eigenvalue weighted by Crippen LogP contribution is -2.45. The number of alkyl halides is 3. The highest BCUT2D eigenvalue weighted by atomic mass is 19.4. The van der Waals surface area contributed by atoms with Crippen LogP contribution in [0.1, 0.15) is 26.3 Å². The number of rotatable bonds is 6. The Labute approximate surface area is 139 Å². The molecule has 0 bridgehead atoms. The summed E-state index contributed by atoms with van der Waals surface area (Å²) in [6.07, 6.45) is -4.43. The van der Waals surface area contributed by atoms with Gasteiger partial charge in [-0.25, -0.2) is 4.79 Å². The van der Waals surface area contributed by atoms with Crippen molar-refractivity contribution in [2.24, 2.45) is 5.92 Å². The number of carbonyl (C=O) groups is 1. The number of halogens is 3. The zero-order valence-corrected chi connectivity index (χ0v) is 14.1. The molecule has 136 valence electrons. The molecule has 0 aliphatic rings. The van der Waals surface area contributed by atoms with Crippen molar-refractivity contribution in [1.29, 1.82) is 0 Å². The Morgan fingerprint density at radius 2 is 1.96 bits per heavy atom. The van der Waals surface area contributed by atoms with Gasteiger partial charge in [0.2, 0.25) is 0 Å². The van der Waals surface area contributed by atoms with Gasteiger partial charge < -0.3 is 20.5 Å². The first-order valence-corrected chi connectivity index (χ1v) is 7.49. The highest BCUT2D eigenvalue weighted by Gasteiger charge is 2.29. The third-order valence-electron chi connectivity index (χ3n) is 3.77. The standard InChI is InChI=1S/C16H23F3N2O3/c1-10(2)15(4,23)8-20-14(22)21-12-6-5-7-13(11(12)3)24-9-16(17,18)19/h5-7,10,23H,8-9H2,1-4H3,(H2,20,21,22). The number of carbonyl (C=O) groups excluding carboxylic acids is 1. The van der Waals surface area contributed by atoms with Crippen molar-refractivity contribution in [2.45, 2.75) is 39.5 Å². The van der Waals surface area contributed by atoms with Crippen molar-refractivity contribution in [3.05, 3.63) is 23.8 Å². The van der Waals surface area contributed by atoms with Gasteiger partial charge in [0.15, 0.2) is 6.61 Å². The second-order valence-electron chi connectivity index (χ2n) is 6.15. The zero-order valence-electron chi connectivity index (χ0n) is 14.1. The highest BCUT2D eigenvalue weighted by molar-refractivity contribution is 5.90. The highest BCUT2D eigenvalue weighted by Crippen LogP contribution is 2.27. The average molecular weight is 348 g/mol. The fourth-order valence-corrected chi connectivity index (χ4v) is 1.70.